The second-order valence-corrected chi connectivity index (χ2v) is 9.76. The molecule has 0 bridgehead atoms. The average Bonchev–Trinajstić information content (AvgIpc) is 2.65. The van der Waals surface area contributed by atoms with E-state index >= 15 is 0 Å². The Bertz CT molecular complexity index is 942. The molecule has 1 N–H and O–H groups in total. The molecule has 1 heterocycles. The van der Waals surface area contributed by atoms with Gasteiger partial charge in [0.25, 0.3) is 0 Å². The second kappa shape index (κ2) is 8.12. The molecule has 1 fully saturated rings. The largest absolute Gasteiger partial charge is 0.326 e. The van der Waals surface area contributed by atoms with E-state index in [0.29, 0.717) is 19.4 Å². The molecule has 0 aliphatic carbocycles. The molecular weight excluding hydrogens is 428 g/mol. The standard InChI is InChI=1S/C20H23BrN2O3S/c1-14-5-8-18(9-6-14)27(25,26)23-11-3-4-16(13-23)20(24)22-17-7-10-19(21)15(2)12-17/h5-10,12,16H,3-4,11,13H2,1-2H3,(H,22,24). The van der Waals surface area contributed by atoms with Crippen molar-refractivity contribution in [1.29, 1.82) is 0 Å². The zero-order valence-electron chi connectivity index (χ0n) is 15.4. The molecule has 1 aliphatic heterocycles. The molecule has 144 valence electrons. The van der Waals surface area contributed by atoms with Crippen LogP contribution in [0.3, 0.4) is 0 Å². The summed E-state index contributed by atoms with van der Waals surface area (Å²) in [7, 11) is -3.58. The van der Waals surface area contributed by atoms with Gasteiger partial charge >= 0.3 is 0 Å². The third-order valence-corrected chi connectivity index (χ3v) is 7.61. The summed E-state index contributed by atoms with van der Waals surface area (Å²) in [5.74, 6) is -0.497. The number of sulfonamides is 1. The topological polar surface area (TPSA) is 66.5 Å². The fraction of sp³-hybridized carbons (Fsp3) is 0.350. The number of piperidine rings is 1. The van der Waals surface area contributed by atoms with Crippen LogP contribution in [0.2, 0.25) is 0 Å². The molecule has 2 aromatic carbocycles. The molecule has 3 rings (SSSR count). The number of nitrogens with zero attached hydrogens (tertiary/aromatic N) is 1. The number of carbonyl (C=O) groups is 1. The number of hydrogen-bond donors (Lipinski definition) is 1. The maximum absolute atomic E-state index is 12.9. The molecule has 1 aliphatic rings. The SMILES string of the molecule is Cc1ccc(S(=O)(=O)N2CCCC(C(=O)Nc3ccc(Br)c(C)c3)C2)cc1. The Morgan fingerprint density at radius 2 is 1.85 bits per heavy atom. The lowest BCUT2D eigenvalue weighted by molar-refractivity contribution is -0.120. The quantitative estimate of drug-likeness (QED) is 0.761. The summed E-state index contributed by atoms with van der Waals surface area (Å²) >= 11 is 3.44. The van der Waals surface area contributed by atoms with E-state index < -0.39 is 10.0 Å². The number of halogens is 1. The van der Waals surface area contributed by atoms with Crippen molar-refractivity contribution >= 4 is 37.5 Å². The number of amides is 1. The van der Waals surface area contributed by atoms with Gasteiger partial charge in [-0.3, -0.25) is 4.79 Å². The summed E-state index contributed by atoms with van der Waals surface area (Å²) < 4.78 is 28.2. The van der Waals surface area contributed by atoms with Gasteiger partial charge in [-0.2, -0.15) is 4.31 Å². The van der Waals surface area contributed by atoms with Crippen molar-refractivity contribution in [1.82, 2.24) is 4.31 Å². The molecule has 1 unspecified atom stereocenters. The Hall–Kier alpha value is -1.70. The van der Waals surface area contributed by atoms with Crippen LogP contribution in [0.15, 0.2) is 51.8 Å². The molecule has 1 atom stereocenters. The number of rotatable bonds is 4. The first-order chi connectivity index (χ1) is 12.8. The third-order valence-electron chi connectivity index (χ3n) is 4.84. The van der Waals surface area contributed by atoms with Crippen LogP contribution in [0.5, 0.6) is 0 Å². The molecule has 27 heavy (non-hydrogen) atoms. The predicted molar refractivity (Wildman–Crippen MR) is 110 cm³/mol. The van der Waals surface area contributed by atoms with Crippen molar-refractivity contribution in [2.45, 2.75) is 31.6 Å². The lowest BCUT2D eigenvalue weighted by Gasteiger charge is -2.31. The van der Waals surface area contributed by atoms with Gasteiger partial charge in [-0.25, -0.2) is 8.42 Å². The highest BCUT2D eigenvalue weighted by Gasteiger charge is 2.33. The van der Waals surface area contributed by atoms with E-state index in [1.807, 2.05) is 32.0 Å². The zero-order valence-corrected chi connectivity index (χ0v) is 17.8. The van der Waals surface area contributed by atoms with E-state index in [4.69, 9.17) is 0 Å². The molecule has 0 saturated carbocycles. The normalized spacial score (nSPS) is 18.3. The van der Waals surface area contributed by atoms with Crippen molar-refractivity contribution in [3.63, 3.8) is 0 Å². The van der Waals surface area contributed by atoms with Crippen LogP contribution in [0.4, 0.5) is 5.69 Å². The number of carbonyl (C=O) groups excluding carboxylic acids is 1. The maximum atomic E-state index is 12.9. The number of aryl methyl sites for hydroxylation is 2. The molecular formula is C20H23BrN2O3S. The molecule has 1 saturated heterocycles. The number of anilines is 1. The Morgan fingerprint density at radius 1 is 1.15 bits per heavy atom. The minimum Gasteiger partial charge on any atom is -0.326 e. The Kier molecular flexibility index (Phi) is 6.03. The van der Waals surface area contributed by atoms with Gasteiger partial charge in [-0.15, -0.1) is 0 Å². The number of hydrogen-bond acceptors (Lipinski definition) is 3. The van der Waals surface area contributed by atoms with E-state index in [0.717, 1.165) is 21.3 Å². The minimum absolute atomic E-state index is 0.138. The van der Waals surface area contributed by atoms with Gasteiger partial charge in [0.15, 0.2) is 0 Å². The van der Waals surface area contributed by atoms with Gasteiger partial charge in [0.1, 0.15) is 0 Å². The fourth-order valence-electron chi connectivity index (χ4n) is 3.20. The van der Waals surface area contributed by atoms with Gasteiger partial charge in [0, 0.05) is 23.2 Å². The highest BCUT2D eigenvalue weighted by Crippen LogP contribution is 2.26. The van der Waals surface area contributed by atoms with Crippen molar-refractivity contribution < 1.29 is 13.2 Å². The van der Waals surface area contributed by atoms with E-state index in [1.54, 1.807) is 24.3 Å². The van der Waals surface area contributed by atoms with Gasteiger partial charge in [-0.05, 0) is 62.6 Å². The molecule has 0 spiro atoms. The first-order valence-electron chi connectivity index (χ1n) is 8.91. The van der Waals surface area contributed by atoms with Gasteiger partial charge in [0.05, 0.1) is 10.8 Å². The smallest absolute Gasteiger partial charge is 0.243 e. The van der Waals surface area contributed by atoms with E-state index in [9.17, 15) is 13.2 Å². The summed E-state index contributed by atoms with van der Waals surface area (Å²) in [5, 5.41) is 2.92. The van der Waals surface area contributed by atoms with Crippen LogP contribution in [0.25, 0.3) is 0 Å². The Balaban J connectivity index is 1.72. The van der Waals surface area contributed by atoms with Crippen LogP contribution in [0, 0.1) is 19.8 Å². The molecule has 2 aromatic rings. The second-order valence-electron chi connectivity index (χ2n) is 6.97. The van der Waals surface area contributed by atoms with Crippen LogP contribution in [-0.2, 0) is 14.8 Å². The van der Waals surface area contributed by atoms with Crippen LogP contribution >= 0.6 is 15.9 Å². The van der Waals surface area contributed by atoms with E-state index in [-0.39, 0.29) is 23.3 Å². The molecule has 0 aromatic heterocycles. The lowest BCUT2D eigenvalue weighted by Crippen LogP contribution is -2.43. The van der Waals surface area contributed by atoms with Crippen LogP contribution < -0.4 is 5.32 Å². The first-order valence-corrected chi connectivity index (χ1v) is 11.1. The van der Waals surface area contributed by atoms with Crippen molar-refractivity contribution in [3.05, 3.63) is 58.1 Å². The first kappa shape index (κ1) is 20.0. The molecule has 0 radical (unpaired) electrons. The highest BCUT2D eigenvalue weighted by atomic mass is 79.9. The fourth-order valence-corrected chi connectivity index (χ4v) is 4.97. The van der Waals surface area contributed by atoms with Gasteiger partial charge in [-0.1, -0.05) is 33.6 Å². The summed E-state index contributed by atoms with van der Waals surface area (Å²) in [4.78, 5) is 12.9. The molecule has 1 amide bonds. The molecule has 7 heteroatoms. The zero-order chi connectivity index (χ0) is 19.6. The monoisotopic (exact) mass is 450 g/mol. The summed E-state index contributed by atoms with van der Waals surface area (Å²) in [5.41, 5.74) is 2.76. The van der Waals surface area contributed by atoms with Gasteiger partial charge < -0.3 is 5.32 Å². The maximum Gasteiger partial charge on any atom is 0.243 e. The highest BCUT2D eigenvalue weighted by molar-refractivity contribution is 9.10. The number of nitrogens with one attached hydrogen (secondary N) is 1. The van der Waals surface area contributed by atoms with Crippen molar-refractivity contribution in [2.75, 3.05) is 18.4 Å². The lowest BCUT2D eigenvalue weighted by atomic mass is 9.98. The number of benzene rings is 2. The molecule has 5 nitrogen and oxygen atoms in total. The summed E-state index contributed by atoms with van der Waals surface area (Å²) in [6.45, 7) is 4.52. The van der Waals surface area contributed by atoms with Gasteiger partial charge in [0.2, 0.25) is 15.9 Å². The predicted octanol–water partition coefficient (Wildman–Crippen LogP) is 4.11. The average molecular weight is 451 g/mol. The van der Waals surface area contributed by atoms with Crippen LogP contribution in [0.1, 0.15) is 24.0 Å². The Labute approximate surface area is 169 Å². The Morgan fingerprint density at radius 3 is 2.52 bits per heavy atom. The van der Waals surface area contributed by atoms with Crippen molar-refractivity contribution in [2.24, 2.45) is 5.92 Å². The third kappa shape index (κ3) is 4.59. The van der Waals surface area contributed by atoms with E-state index in [1.165, 1.54) is 4.31 Å². The van der Waals surface area contributed by atoms with Crippen LogP contribution in [-0.4, -0.2) is 31.7 Å². The van der Waals surface area contributed by atoms with E-state index in [2.05, 4.69) is 21.2 Å². The minimum atomic E-state index is -3.58. The summed E-state index contributed by atoms with van der Waals surface area (Å²) in [6.07, 6.45) is 1.35. The van der Waals surface area contributed by atoms with Crippen molar-refractivity contribution in [3.8, 4) is 0 Å². The summed E-state index contributed by atoms with van der Waals surface area (Å²) in [6, 6.07) is 12.4.